The van der Waals surface area contributed by atoms with Crippen molar-refractivity contribution < 1.29 is 13.2 Å². The topological polar surface area (TPSA) is 80.3 Å². The number of anilines is 2. The van der Waals surface area contributed by atoms with E-state index in [9.17, 15) is 8.42 Å². The number of hydrogen-bond donors (Lipinski definition) is 2. The second kappa shape index (κ2) is 6.45. The molecule has 7 heteroatoms. The van der Waals surface area contributed by atoms with Crippen LogP contribution in [0.3, 0.4) is 0 Å². The predicted octanol–water partition coefficient (Wildman–Crippen LogP) is 2.07. The summed E-state index contributed by atoms with van der Waals surface area (Å²) in [6.45, 7) is 0.458. The number of sulfonamides is 1. The van der Waals surface area contributed by atoms with Gasteiger partial charge in [0.25, 0.3) is 0 Å². The highest BCUT2D eigenvalue weighted by Crippen LogP contribution is 2.22. The molecule has 112 valence electrons. The number of hydrogen-bond acceptors (Lipinski definition) is 5. The summed E-state index contributed by atoms with van der Waals surface area (Å²) in [6.07, 6.45) is 1.12. The quantitative estimate of drug-likeness (QED) is 0.854. The van der Waals surface area contributed by atoms with E-state index in [0.717, 1.165) is 11.9 Å². The Balaban J connectivity index is 2.12. The van der Waals surface area contributed by atoms with Gasteiger partial charge >= 0.3 is 0 Å². The van der Waals surface area contributed by atoms with E-state index in [0.29, 0.717) is 23.8 Å². The van der Waals surface area contributed by atoms with Crippen molar-refractivity contribution in [3.63, 3.8) is 0 Å². The maximum atomic E-state index is 11.3. The van der Waals surface area contributed by atoms with Gasteiger partial charge in [0.05, 0.1) is 37.0 Å². The molecule has 2 rings (SSSR count). The molecule has 0 saturated carbocycles. The molecule has 0 amide bonds. The molecule has 0 aliphatic rings. The Hall–Kier alpha value is -2.28. The third-order valence-electron chi connectivity index (χ3n) is 2.67. The fourth-order valence-electron chi connectivity index (χ4n) is 1.78. The highest BCUT2D eigenvalue weighted by Gasteiger charge is 2.07. The number of para-hydroxylation sites is 2. The van der Waals surface area contributed by atoms with Crippen molar-refractivity contribution in [1.29, 1.82) is 0 Å². The van der Waals surface area contributed by atoms with E-state index in [4.69, 9.17) is 4.74 Å². The zero-order valence-electron chi connectivity index (χ0n) is 11.8. The molecular formula is C14H17N3O3S. The van der Waals surface area contributed by atoms with E-state index in [-0.39, 0.29) is 0 Å². The summed E-state index contributed by atoms with van der Waals surface area (Å²) in [6, 6.07) is 12.6. The lowest BCUT2D eigenvalue weighted by Crippen LogP contribution is -2.12. The van der Waals surface area contributed by atoms with Gasteiger partial charge in [0.2, 0.25) is 15.9 Å². The molecule has 0 aliphatic carbocycles. The lowest BCUT2D eigenvalue weighted by atomic mass is 10.2. The SMILES string of the molecule is COc1cccc(CNc2ccccc2NS(C)(=O)=O)n1. The summed E-state index contributed by atoms with van der Waals surface area (Å²) >= 11 is 0. The second-order valence-electron chi connectivity index (χ2n) is 4.44. The lowest BCUT2D eigenvalue weighted by molar-refractivity contribution is 0.396. The normalized spacial score (nSPS) is 11.0. The number of rotatable bonds is 6. The minimum atomic E-state index is -3.32. The largest absolute Gasteiger partial charge is 0.481 e. The minimum Gasteiger partial charge on any atom is -0.481 e. The average Bonchev–Trinajstić information content (AvgIpc) is 2.45. The summed E-state index contributed by atoms with van der Waals surface area (Å²) in [7, 11) is -1.76. The standard InChI is InChI=1S/C14H17N3O3S/c1-20-14-9-5-6-11(16-14)10-15-12-7-3-4-8-13(12)17-21(2,18)19/h3-9,15,17H,10H2,1-2H3. The fraction of sp³-hybridized carbons (Fsp3) is 0.214. The molecule has 0 unspecified atom stereocenters. The maximum absolute atomic E-state index is 11.3. The van der Waals surface area contributed by atoms with Crippen molar-refractivity contribution in [3.05, 3.63) is 48.2 Å². The molecule has 0 fully saturated rings. The van der Waals surface area contributed by atoms with Gasteiger partial charge < -0.3 is 10.1 Å². The van der Waals surface area contributed by atoms with Gasteiger partial charge in [-0.15, -0.1) is 0 Å². The molecule has 21 heavy (non-hydrogen) atoms. The molecule has 1 aromatic carbocycles. The Labute approximate surface area is 124 Å². The molecular weight excluding hydrogens is 290 g/mol. The van der Waals surface area contributed by atoms with Gasteiger partial charge in [-0.2, -0.15) is 0 Å². The first-order valence-electron chi connectivity index (χ1n) is 6.28. The molecule has 0 bridgehead atoms. The molecule has 0 aliphatic heterocycles. The molecule has 0 spiro atoms. The predicted molar refractivity (Wildman–Crippen MR) is 83.0 cm³/mol. The summed E-state index contributed by atoms with van der Waals surface area (Å²) in [5.41, 5.74) is 1.99. The van der Waals surface area contributed by atoms with Crippen LogP contribution in [0.1, 0.15) is 5.69 Å². The summed E-state index contributed by atoms with van der Waals surface area (Å²) in [5.74, 6) is 0.539. The maximum Gasteiger partial charge on any atom is 0.229 e. The van der Waals surface area contributed by atoms with Crippen molar-refractivity contribution in [2.45, 2.75) is 6.54 Å². The average molecular weight is 307 g/mol. The molecule has 2 aromatic rings. The number of benzene rings is 1. The summed E-state index contributed by atoms with van der Waals surface area (Å²) in [5, 5.41) is 3.16. The van der Waals surface area contributed by atoms with Crippen LogP contribution >= 0.6 is 0 Å². The third-order valence-corrected chi connectivity index (χ3v) is 3.26. The Kier molecular flexibility index (Phi) is 4.64. The Morgan fingerprint density at radius 2 is 1.81 bits per heavy atom. The van der Waals surface area contributed by atoms with Gasteiger partial charge in [0.1, 0.15) is 0 Å². The Morgan fingerprint density at radius 3 is 2.48 bits per heavy atom. The smallest absolute Gasteiger partial charge is 0.229 e. The highest BCUT2D eigenvalue weighted by atomic mass is 32.2. The van der Waals surface area contributed by atoms with Crippen LogP contribution in [0.15, 0.2) is 42.5 Å². The van der Waals surface area contributed by atoms with Crippen LogP contribution in [-0.2, 0) is 16.6 Å². The van der Waals surface area contributed by atoms with Crippen molar-refractivity contribution >= 4 is 21.4 Å². The van der Waals surface area contributed by atoms with E-state index in [2.05, 4.69) is 15.0 Å². The molecule has 6 nitrogen and oxygen atoms in total. The molecule has 1 aromatic heterocycles. The van der Waals surface area contributed by atoms with Crippen molar-refractivity contribution in [1.82, 2.24) is 4.98 Å². The molecule has 1 heterocycles. The first-order chi connectivity index (χ1) is 9.98. The molecule has 2 N–H and O–H groups in total. The van der Waals surface area contributed by atoms with Gasteiger partial charge in [-0.05, 0) is 18.2 Å². The number of aromatic nitrogens is 1. The zero-order chi connectivity index (χ0) is 15.3. The van der Waals surface area contributed by atoms with Gasteiger partial charge in [0.15, 0.2) is 0 Å². The van der Waals surface area contributed by atoms with Crippen molar-refractivity contribution in [3.8, 4) is 5.88 Å². The Morgan fingerprint density at radius 1 is 1.10 bits per heavy atom. The van der Waals surface area contributed by atoms with E-state index in [1.807, 2.05) is 18.2 Å². The lowest BCUT2D eigenvalue weighted by Gasteiger charge is -2.12. The van der Waals surface area contributed by atoms with Crippen LogP contribution < -0.4 is 14.8 Å². The Bertz CT molecular complexity index is 717. The number of nitrogens with one attached hydrogen (secondary N) is 2. The number of ether oxygens (including phenoxy) is 1. The molecule has 0 atom stereocenters. The first kappa shape index (κ1) is 15.1. The molecule has 0 saturated heterocycles. The zero-order valence-corrected chi connectivity index (χ0v) is 12.6. The van der Waals surface area contributed by atoms with E-state index in [1.165, 1.54) is 0 Å². The van der Waals surface area contributed by atoms with Gasteiger partial charge in [0, 0.05) is 6.07 Å². The van der Waals surface area contributed by atoms with Gasteiger partial charge in [-0.3, -0.25) is 4.72 Å². The number of nitrogens with zero attached hydrogens (tertiary/aromatic N) is 1. The van der Waals surface area contributed by atoms with Crippen LogP contribution in [0, 0.1) is 0 Å². The van der Waals surface area contributed by atoms with E-state index < -0.39 is 10.0 Å². The van der Waals surface area contributed by atoms with E-state index in [1.54, 1.807) is 31.4 Å². The summed E-state index contributed by atoms with van der Waals surface area (Å²) in [4.78, 5) is 4.29. The monoisotopic (exact) mass is 307 g/mol. The minimum absolute atomic E-state index is 0.458. The van der Waals surface area contributed by atoms with Gasteiger partial charge in [-0.1, -0.05) is 18.2 Å². The van der Waals surface area contributed by atoms with Crippen LogP contribution in [-0.4, -0.2) is 26.8 Å². The highest BCUT2D eigenvalue weighted by molar-refractivity contribution is 7.92. The van der Waals surface area contributed by atoms with Crippen molar-refractivity contribution in [2.75, 3.05) is 23.4 Å². The van der Waals surface area contributed by atoms with Gasteiger partial charge in [-0.25, -0.2) is 13.4 Å². The first-order valence-corrected chi connectivity index (χ1v) is 8.18. The van der Waals surface area contributed by atoms with Crippen LogP contribution in [0.4, 0.5) is 11.4 Å². The second-order valence-corrected chi connectivity index (χ2v) is 6.19. The number of methoxy groups -OCH3 is 1. The summed E-state index contributed by atoms with van der Waals surface area (Å²) < 4.78 is 30.2. The number of pyridine rings is 1. The van der Waals surface area contributed by atoms with Crippen LogP contribution in [0.25, 0.3) is 0 Å². The van der Waals surface area contributed by atoms with Crippen LogP contribution in [0.5, 0.6) is 5.88 Å². The van der Waals surface area contributed by atoms with E-state index >= 15 is 0 Å². The van der Waals surface area contributed by atoms with Crippen molar-refractivity contribution in [2.24, 2.45) is 0 Å². The fourth-order valence-corrected chi connectivity index (χ4v) is 2.36. The van der Waals surface area contributed by atoms with Crippen LogP contribution in [0.2, 0.25) is 0 Å². The third kappa shape index (κ3) is 4.64. The molecule has 0 radical (unpaired) electrons.